The zero-order valence-electron chi connectivity index (χ0n) is 7.25. The molecule has 3 heteroatoms. The smallest absolute Gasteiger partial charge is 0.243 e. The SMILES string of the molecule is CCC(O)(O)NC1=CCCC=C1. The van der Waals surface area contributed by atoms with Crippen molar-refractivity contribution in [2.45, 2.75) is 32.1 Å². The molecule has 0 amide bonds. The third-order valence-electron chi connectivity index (χ3n) is 1.83. The lowest BCUT2D eigenvalue weighted by Gasteiger charge is -2.23. The minimum Gasteiger partial charge on any atom is -0.349 e. The van der Waals surface area contributed by atoms with Crippen molar-refractivity contribution in [2.24, 2.45) is 0 Å². The molecule has 0 unspecified atom stereocenters. The second kappa shape index (κ2) is 3.74. The monoisotopic (exact) mass is 169 g/mol. The van der Waals surface area contributed by atoms with Crippen molar-refractivity contribution in [1.82, 2.24) is 5.32 Å². The molecule has 0 spiro atoms. The Morgan fingerprint density at radius 1 is 1.50 bits per heavy atom. The van der Waals surface area contributed by atoms with Crippen LogP contribution in [-0.4, -0.2) is 16.1 Å². The number of nitrogens with one attached hydrogen (secondary N) is 1. The maximum absolute atomic E-state index is 9.25. The molecule has 1 rings (SSSR count). The first-order valence-electron chi connectivity index (χ1n) is 4.24. The predicted octanol–water partition coefficient (Wildman–Crippen LogP) is 0.858. The molecule has 0 aromatic carbocycles. The minimum atomic E-state index is -1.77. The maximum Gasteiger partial charge on any atom is 0.243 e. The molecule has 0 radical (unpaired) electrons. The molecule has 1 aliphatic rings. The van der Waals surface area contributed by atoms with Crippen LogP contribution in [0.1, 0.15) is 26.2 Å². The minimum absolute atomic E-state index is 0.262. The van der Waals surface area contributed by atoms with Crippen molar-refractivity contribution in [3.05, 3.63) is 23.9 Å². The van der Waals surface area contributed by atoms with Gasteiger partial charge < -0.3 is 15.5 Å². The van der Waals surface area contributed by atoms with E-state index >= 15 is 0 Å². The van der Waals surface area contributed by atoms with Crippen LogP contribution >= 0.6 is 0 Å². The van der Waals surface area contributed by atoms with Gasteiger partial charge in [0.1, 0.15) is 0 Å². The van der Waals surface area contributed by atoms with E-state index in [1.54, 1.807) is 6.92 Å². The van der Waals surface area contributed by atoms with Crippen LogP contribution in [0.15, 0.2) is 23.9 Å². The summed E-state index contributed by atoms with van der Waals surface area (Å²) in [7, 11) is 0. The van der Waals surface area contributed by atoms with E-state index in [0.717, 1.165) is 18.5 Å². The average Bonchev–Trinajstić information content (AvgIpc) is 2.06. The molecule has 68 valence electrons. The molecule has 0 aromatic rings. The molecule has 0 saturated heterocycles. The summed E-state index contributed by atoms with van der Waals surface area (Å²) < 4.78 is 0. The normalized spacial score (nSPS) is 17.4. The van der Waals surface area contributed by atoms with Gasteiger partial charge in [0.15, 0.2) is 0 Å². The van der Waals surface area contributed by atoms with Gasteiger partial charge >= 0.3 is 0 Å². The first-order chi connectivity index (χ1) is 5.64. The summed E-state index contributed by atoms with van der Waals surface area (Å²) in [6.45, 7) is 1.71. The standard InChI is InChI=1S/C9H15NO2/c1-2-9(11,12)10-8-6-4-3-5-7-8/h4,6-7,10-12H,2-3,5H2,1H3. The summed E-state index contributed by atoms with van der Waals surface area (Å²) >= 11 is 0. The van der Waals surface area contributed by atoms with Crippen LogP contribution in [0.2, 0.25) is 0 Å². The third-order valence-corrected chi connectivity index (χ3v) is 1.83. The zero-order valence-corrected chi connectivity index (χ0v) is 7.25. The Morgan fingerprint density at radius 2 is 2.25 bits per heavy atom. The van der Waals surface area contributed by atoms with Gasteiger partial charge in [-0.2, -0.15) is 0 Å². The number of hydrogen-bond donors (Lipinski definition) is 3. The Bertz CT molecular complexity index is 207. The van der Waals surface area contributed by atoms with Crippen LogP contribution in [0.3, 0.4) is 0 Å². The van der Waals surface area contributed by atoms with E-state index in [2.05, 4.69) is 5.32 Å². The van der Waals surface area contributed by atoms with E-state index in [0.29, 0.717) is 0 Å². The van der Waals surface area contributed by atoms with Crippen LogP contribution in [-0.2, 0) is 0 Å². The lowest BCUT2D eigenvalue weighted by Crippen LogP contribution is -2.43. The van der Waals surface area contributed by atoms with Crippen molar-refractivity contribution >= 4 is 0 Å². The van der Waals surface area contributed by atoms with E-state index < -0.39 is 5.91 Å². The van der Waals surface area contributed by atoms with E-state index in [-0.39, 0.29) is 6.42 Å². The summed E-state index contributed by atoms with van der Waals surface area (Å²) in [5.41, 5.74) is 0.785. The van der Waals surface area contributed by atoms with Crippen LogP contribution < -0.4 is 5.32 Å². The Kier molecular flexibility index (Phi) is 2.89. The average molecular weight is 169 g/mol. The topological polar surface area (TPSA) is 52.5 Å². The molecule has 3 nitrogen and oxygen atoms in total. The highest BCUT2D eigenvalue weighted by Crippen LogP contribution is 2.10. The number of hydrogen-bond acceptors (Lipinski definition) is 3. The van der Waals surface area contributed by atoms with Crippen LogP contribution in [0, 0.1) is 0 Å². The van der Waals surface area contributed by atoms with E-state index in [1.165, 1.54) is 0 Å². The molecular formula is C9H15NO2. The predicted molar refractivity (Wildman–Crippen MR) is 47.1 cm³/mol. The molecule has 0 aliphatic heterocycles. The highest BCUT2D eigenvalue weighted by Gasteiger charge is 2.19. The lowest BCUT2D eigenvalue weighted by atomic mass is 10.1. The zero-order chi connectivity index (χ0) is 9.03. The van der Waals surface area contributed by atoms with Gasteiger partial charge in [0.05, 0.1) is 0 Å². The Hall–Kier alpha value is -0.800. The molecule has 12 heavy (non-hydrogen) atoms. The Labute approximate surface area is 72.4 Å². The largest absolute Gasteiger partial charge is 0.349 e. The second-order valence-corrected chi connectivity index (χ2v) is 2.93. The first-order valence-corrected chi connectivity index (χ1v) is 4.24. The van der Waals surface area contributed by atoms with Gasteiger partial charge in [0, 0.05) is 12.1 Å². The van der Waals surface area contributed by atoms with Crippen LogP contribution in [0.5, 0.6) is 0 Å². The molecule has 0 fully saturated rings. The molecule has 0 heterocycles. The van der Waals surface area contributed by atoms with Gasteiger partial charge in [-0.25, -0.2) is 0 Å². The molecule has 0 atom stereocenters. The number of rotatable bonds is 3. The Morgan fingerprint density at radius 3 is 2.75 bits per heavy atom. The van der Waals surface area contributed by atoms with Crippen molar-refractivity contribution in [1.29, 1.82) is 0 Å². The van der Waals surface area contributed by atoms with Crippen molar-refractivity contribution in [3.63, 3.8) is 0 Å². The van der Waals surface area contributed by atoms with Crippen LogP contribution in [0.25, 0.3) is 0 Å². The summed E-state index contributed by atoms with van der Waals surface area (Å²) in [4.78, 5) is 0. The fraction of sp³-hybridized carbons (Fsp3) is 0.556. The van der Waals surface area contributed by atoms with Crippen molar-refractivity contribution in [3.8, 4) is 0 Å². The highest BCUT2D eigenvalue weighted by atomic mass is 16.5. The fourth-order valence-electron chi connectivity index (χ4n) is 1.03. The number of aliphatic hydroxyl groups is 2. The van der Waals surface area contributed by atoms with Crippen molar-refractivity contribution in [2.75, 3.05) is 0 Å². The first kappa shape index (κ1) is 9.29. The van der Waals surface area contributed by atoms with Gasteiger partial charge in [-0.1, -0.05) is 19.1 Å². The quantitative estimate of drug-likeness (QED) is 0.549. The summed E-state index contributed by atoms with van der Waals surface area (Å²) in [6, 6.07) is 0. The third kappa shape index (κ3) is 2.68. The molecule has 0 saturated carbocycles. The van der Waals surface area contributed by atoms with Gasteiger partial charge in [-0.05, 0) is 18.9 Å². The van der Waals surface area contributed by atoms with Gasteiger partial charge in [-0.15, -0.1) is 0 Å². The lowest BCUT2D eigenvalue weighted by molar-refractivity contribution is -0.179. The molecular weight excluding hydrogens is 154 g/mol. The van der Waals surface area contributed by atoms with Gasteiger partial charge in [-0.3, -0.25) is 0 Å². The van der Waals surface area contributed by atoms with E-state index in [4.69, 9.17) is 0 Å². The fourth-order valence-corrected chi connectivity index (χ4v) is 1.03. The molecule has 0 bridgehead atoms. The molecule has 3 N–H and O–H groups in total. The maximum atomic E-state index is 9.25. The van der Waals surface area contributed by atoms with Gasteiger partial charge in [0.25, 0.3) is 0 Å². The van der Waals surface area contributed by atoms with E-state index in [9.17, 15) is 10.2 Å². The number of allylic oxidation sites excluding steroid dienone is 3. The Balaban J connectivity index is 2.50. The summed E-state index contributed by atoms with van der Waals surface area (Å²) in [5.74, 6) is -1.77. The summed E-state index contributed by atoms with van der Waals surface area (Å²) in [5, 5.41) is 21.1. The van der Waals surface area contributed by atoms with E-state index in [1.807, 2.05) is 18.2 Å². The van der Waals surface area contributed by atoms with Crippen molar-refractivity contribution < 1.29 is 10.2 Å². The van der Waals surface area contributed by atoms with Gasteiger partial charge in [0.2, 0.25) is 5.91 Å². The summed E-state index contributed by atoms with van der Waals surface area (Å²) in [6.07, 6.45) is 8.07. The van der Waals surface area contributed by atoms with Crippen LogP contribution in [0.4, 0.5) is 0 Å². The highest BCUT2D eigenvalue weighted by molar-refractivity contribution is 5.20. The molecule has 1 aliphatic carbocycles. The molecule has 0 aromatic heterocycles. The second-order valence-electron chi connectivity index (χ2n) is 2.93.